The van der Waals surface area contributed by atoms with Crippen molar-refractivity contribution in [1.29, 1.82) is 0 Å². The summed E-state index contributed by atoms with van der Waals surface area (Å²) in [6.07, 6.45) is 4.09. The molecule has 1 atom stereocenters. The van der Waals surface area contributed by atoms with Crippen molar-refractivity contribution in [2.45, 2.75) is 19.9 Å². The van der Waals surface area contributed by atoms with Gasteiger partial charge in [0, 0.05) is 19.3 Å². The third-order valence-electron chi connectivity index (χ3n) is 3.63. The van der Waals surface area contributed by atoms with Crippen molar-refractivity contribution in [2.75, 3.05) is 13.7 Å². The highest BCUT2D eigenvalue weighted by Gasteiger charge is 2.39. The van der Waals surface area contributed by atoms with Crippen LogP contribution >= 0.6 is 15.9 Å². The Morgan fingerprint density at radius 1 is 1.52 bits per heavy atom. The van der Waals surface area contributed by atoms with Gasteiger partial charge in [0.25, 0.3) is 0 Å². The predicted octanol–water partition coefficient (Wildman–Crippen LogP) is 3.28. The number of allylic oxidation sites excluding steroid dienone is 3. The number of rotatable bonds is 6. The second-order valence-corrected chi connectivity index (χ2v) is 6.06. The molecule has 7 nitrogen and oxygen atoms in total. The van der Waals surface area contributed by atoms with Crippen LogP contribution in [-0.4, -0.2) is 42.4 Å². The van der Waals surface area contributed by atoms with Gasteiger partial charge in [-0.25, -0.2) is 4.79 Å². The molecule has 2 rings (SSSR count). The van der Waals surface area contributed by atoms with Gasteiger partial charge in [0.2, 0.25) is 11.6 Å². The molecule has 0 amide bonds. The molecule has 0 N–H and O–H groups in total. The second-order valence-electron chi connectivity index (χ2n) is 5.20. The van der Waals surface area contributed by atoms with Crippen LogP contribution in [0.3, 0.4) is 0 Å². The lowest BCUT2D eigenvalue weighted by Gasteiger charge is -2.20. The Hall–Kier alpha value is -2.48. The maximum absolute atomic E-state index is 12.5. The number of carbonyl (C=O) groups is 3. The molecule has 0 aromatic carbocycles. The van der Waals surface area contributed by atoms with E-state index in [4.69, 9.17) is 9.15 Å². The summed E-state index contributed by atoms with van der Waals surface area (Å²) in [6, 6.07) is -0.527. The number of ketones is 2. The van der Waals surface area contributed by atoms with Gasteiger partial charge in [-0.15, -0.1) is 0 Å². The van der Waals surface area contributed by atoms with Gasteiger partial charge < -0.3 is 9.15 Å². The standard InChI is InChI=1S/C17H17BrN2O5/c1-5-7-19-20(4)9(3)15-13(17(23)24-6-2)12-14(22)10(18)8-11(21)16(12)25-15/h5,7-9H,1,6H2,2-4H3/b19-7+. The minimum absolute atomic E-state index is 0.0478. The second kappa shape index (κ2) is 7.60. The van der Waals surface area contributed by atoms with Gasteiger partial charge >= 0.3 is 5.97 Å². The molecule has 1 aromatic rings. The third-order valence-corrected chi connectivity index (χ3v) is 4.22. The first-order valence-electron chi connectivity index (χ1n) is 7.51. The zero-order valence-electron chi connectivity index (χ0n) is 14.0. The minimum Gasteiger partial charge on any atom is -0.462 e. The monoisotopic (exact) mass is 408 g/mol. The summed E-state index contributed by atoms with van der Waals surface area (Å²) in [7, 11) is 1.67. The number of hydrazone groups is 1. The minimum atomic E-state index is -0.723. The molecule has 1 aliphatic rings. The van der Waals surface area contributed by atoms with E-state index in [0.29, 0.717) is 0 Å². The molecule has 0 aliphatic heterocycles. The zero-order valence-corrected chi connectivity index (χ0v) is 15.6. The third kappa shape index (κ3) is 3.48. The fourth-order valence-electron chi connectivity index (χ4n) is 2.33. The van der Waals surface area contributed by atoms with Crippen LogP contribution < -0.4 is 0 Å². The Kier molecular flexibility index (Phi) is 5.73. The van der Waals surface area contributed by atoms with Crippen LogP contribution in [0, 0.1) is 0 Å². The van der Waals surface area contributed by atoms with Gasteiger partial charge in [0.1, 0.15) is 17.4 Å². The van der Waals surface area contributed by atoms with E-state index in [2.05, 4.69) is 27.6 Å². The van der Waals surface area contributed by atoms with Crippen molar-refractivity contribution in [2.24, 2.45) is 5.10 Å². The van der Waals surface area contributed by atoms with E-state index >= 15 is 0 Å². The highest BCUT2D eigenvalue weighted by molar-refractivity contribution is 9.12. The van der Waals surface area contributed by atoms with Crippen LogP contribution in [0.1, 0.15) is 56.9 Å². The molecule has 1 aromatic heterocycles. The molecule has 0 radical (unpaired) electrons. The largest absolute Gasteiger partial charge is 0.462 e. The van der Waals surface area contributed by atoms with Crippen LogP contribution in [0.5, 0.6) is 0 Å². The molecular formula is C17H17BrN2O5. The quantitative estimate of drug-likeness (QED) is 0.407. The molecular weight excluding hydrogens is 392 g/mol. The number of nitrogens with zero attached hydrogens (tertiary/aromatic N) is 2. The van der Waals surface area contributed by atoms with Gasteiger partial charge in [0.05, 0.1) is 16.7 Å². The lowest BCUT2D eigenvalue weighted by atomic mass is 9.96. The van der Waals surface area contributed by atoms with E-state index in [1.165, 1.54) is 17.3 Å². The van der Waals surface area contributed by atoms with Gasteiger partial charge in [0.15, 0.2) is 5.76 Å². The van der Waals surface area contributed by atoms with Crippen molar-refractivity contribution in [3.05, 3.63) is 45.9 Å². The fraction of sp³-hybridized carbons (Fsp3) is 0.294. The molecule has 25 heavy (non-hydrogen) atoms. The maximum atomic E-state index is 12.5. The molecule has 0 spiro atoms. The molecule has 0 saturated carbocycles. The van der Waals surface area contributed by atoms with Crippen molar-refractivity contribution >= 4 is 39.7 Å². The summed E-state index contributed by atoms with van der Waals surface area (Å²) < 4.78 is 10.7. The topological polar surface area (TPSA) is 89.2 Å². The number of hydrogen-bond acceptors (Lipinski definition) is 7. The van der Waals surface area contributed by atoms with Gasteiger partial charge in [-0.1, -0.05) is 6.58 Å². The van der Waals surface area contributed by atoms with Gasteiger partial charge in [-0.2, -0.15) is 5.10 Å². The molecule has 1 aliphatic carbocycles. The molecule has 132 valence electrons. The Morgan fingerprint density at radius 2 is 2.20 bits per heavy atom. The van der Waals surface area contributed by atoms with Crippen LogP contribution in [0.15, 0.2) is 32.7 Å². The highest BCUT2D eigenvalue weighted by atomic mass is 79.9. The number of ether oxygens (including phenoxy) is 1. The van der Waals surface area contributed by atoms with E-state index < -0.39 is 23.6 Å². The maximum Gasteiger partial charge on any atom is 0.342 e. The lowest BCUT2D eigenvalue weighted by Crippen LogP contribution is -2.21. The molecule has 8 heteroatoms. The summed E-state index contributed by atoms with van der Waals surface area (Å²) in [5, 5.41) is 5.63. The van der Waals surface area contributed by atoms with Crippen LogP contribution in [0.2, 0.25) is 0 Å². The number of hydrogen-bond donors (Lipinski definition) is 0. The van der Waals surface area contributed by atoms with Crippen molar-refractivity contribution in [1.82, 2.24) is 5.01 Å². The average molecular weight is 409 g/mol. The normalized spacial score (nSPS) is 15.0. The van der Waals surface area contributed by atoms with Crippen molar-refractivity contribution in [3.63, 3.8) is 0 Å². The first-order chi connectivity index (χ1) is 11.8. The molecule has 1 heterocycles. The smallest absolute Gasteiger partial charge is 0.342 e. The first kappa shape index (κ1) is 18.9. The van der Waals surface area contributed by atoms with Crippen molar-refractivity contribution < 1.29 is 23.5 Å². The molecule has 0 saturated heterocycles. The number of esters is 1. The average Bonchev–Trinajstić information content (AvgIpc) is 2.98. The van der Waals surface area contributed by atoms with Gasteiger partial charge in [-0.05, 0) is 35.9 Å². The van der Waals surface area contributed by atoms with Gasteiger partial charge in [-0.3, -0.25) is 14.6 Å². The summed E-state index contributed by atoms with van der Waals surface area (Å²) in [5.74, 6) is -1.75. The molecule has 1 unspecified atom stereocenters. The fourth-order valence-corrected chi connectivity index (χ4v) is 2.73. The van der Waals surface area contributed by atoms with E-state index in [-0.39, 0.29) is 33.7 Å². The number of Topliss-reactive ketones (excluding diaryl/α,β-unsaturated/α-hetero) is 1. The SMILES string of the molecule is C=C/C=N/N(C)C(C)c1oc2c(c1C(=O)OCC)C(=O)C(Br)=CC2=O. The number of halogens is 1. The zero-order chi connectivity index (χ0) is 18.7. The Morgan fingerprint density at radius 3 is 2.80 bits per heavy atom. The molecule has 0 bridgehead atoms. The summed E-state index contributed by atoms with van der Waals surface area (Å²) in [6.45, 7) is 7.04. The Balaban J connectivity index is 2.63. The molecule has 0 fully saturated rings. The van der Waals surface area contributed by atoms with E-state index in [0.717, 1.165) is 6.08 Å². The van der Waals surface area contributed by atoms with E-state index in [1.807, 2.05) is 0 Å². The number of fused-ring (bicyclic) bond motifs is 1. The van der Waals surface area contributed by atoms with Crippen LogP contribution in [0.4, 0.5) is 0 Å². The summed E-state index contributed by atoms with van der Waals surface area (Å²) in [5.41, 5.74) is -0.130. The highest BCUT2D eigenvalue weighted by Crippen LogP contribution is 2.36. The first-order valence-corrected chi connectivity index (χ1v) is 8.30. The van der Waals surface area contributed by atoms with Crippen molar-refractivity contribution in [3.8, 4) is 0 Å². The number of carbonyl (C=O) groups excluding carboxylic acids is 3. The Labute approximate surface area is 153 Å². The summed E-state index contributed by atoms with van der Waals surface area (Å²) >= 11 is 3.05. The lowest BCUT2D eigenvalue weighted by molar-refractivity contribution is 0.0518. The Bertz CT molecular complexity index is 806. The van der Waals surface area contributed by atoms with Crippen LogP contribution in [0.25, 0.3) is 0 Å². The van der Waals surface area contributed by atoms with Crippen LogP contribution in [-0.2, 0) is 4.74 Å². The van der Waals surface area contributed by atoms with E-state index in [9.17, 15) is 14.4 Å². The van der Waals surface area contributed by atoms with E-state index in [1.54, 1.807) is 20.9 Å². The predicted molar refractivity (Wildman–Crippen MR) is 95.2 cm³/mol. The summed E-state index contributed by atoms with van der Waals surface area (Å²) in [4.78, 5) is 37.1. The number of furan rings is 1.